The van der Waals surface area contributed by atoms with Crippen molar-refractivity contribution in [1.29, 1.82) is 0 Å². The van der Waals surface area contributed by atoms with E-state index in [0.717, 1.165) is 5.56 Å². The summed E-state index contributed by atoms with van der Waals surface area (Å²) in [5.41, 5.74) is 1.71. The van der Waals surface area contributed by atoms with Crippen molar-refractivity contribution in [3.05, 3.63) is 69.9 Å². The summed E-state index contributed by atoms with van der Waals surface area (Å²) in [6.45, 7) is 2.74. The molecule has 0 saturated heterocycles. The van der Waals surface area contributed by atoms with Crippen LogP contribution in [0.4, 0.5) is 0 Å². The molecule has 3 aromatic rings. The fraction of sp³-hybridized carbons (Fsp3) is 0.238. The van der Waals surface area contributed by atoms with Crippen LogP contribution in [-0.4, -0.2) is 33.2 Å². The maximum Gasteiger partial charge on any atom is 0.342 e. The molecule has 1 N–H and O–H groups in total. The summed E-state index contributed by atoms with van der Waals surface area (Å²) < 4.78 is 11.4. The van der Waals surface area contributed by atoms with Gasteiger partial charge < -0.3 is 26.5 Å². The summed E-state index contributed by atoms with van der Waals surface area (Å²) in [6, 6.07) is 14.4. The van der Waals surface area contributed by atoms with Crippen molar-refractivity contribution in [3.63, 3.8) is 0 Å². The Hall–Kier alpha value is -2.63. The number of quaternary nitrogens is 1. The van der Waals surface area contributed by atoms with Crippen molar-refractivity contribution in [2.75, 3.05) is 27.2 Å². The molecule has 27 heavy (non-hydrogen) atoms. The lowest BCUT2D eigenvalue weighted by Gasteiger charge is -2.11. The summed E-state index contributed by atoms with van der Waals surface area (Å²) in [5.74, 6) is -0.0102. The first-order valence-corrected chi connectivity index (χ1v) is 8.57. The molecular weight excluding hydrogens is 366 g/mol. The third-order valence-corrected chi connectivity index (χ3v) is 4.24. The maximum absolute atomic E-state index is 12.8. The van der Waals surface area contributed by atoms with Crippen LogP contribution in [-0.2, 0) is 4.74 Å². The highest BCUT2D eigenvalue weighted by Crippen LogP contribution is 2.27. The molecule has 0 atom stereocenters. The van der Waals surface area contributed by atoms with Gasteiger partial charge in [0.15, 0.2) is 11.0 Å². The number of hydrogen-bond acceptors (Lipinski definition) is 4. The van der Waals surface area contributed by atoms with Gasteiger partial charge in [-0.2, -0.15) is 0 Å². The minimum Gasteiger partial charge on any atom is -1.00 e. The third-order valence-electron chi connectivity index (χ3n) is 4.24. The summed E-state index contributed by atoms with van der Waals surface area (Å²) in [6.07, 6.45) is 0. The Morgan fingerprint density at radius 1 is 1.07 bits per heavy atom. The van der Waals surface area contributed by atoms with E-state index in [1.54, 1.807) is 25.1 Å². The molecule has 0 spiro atoms. The molecule has 0 amide bonds. The maximum atomic E-state index is 12.8. The number of ether oxygens (including phenoxy) is 1. The highest BCUT2D eigenvalue weighted by molar-refractivity contribution is 6.02. The Bertz CT molecular complexity index is 996. The second-order valence-corrected chi connectivity index (χ2v) is 6.53. The minimum atomic E-state index is -0.483. The average Bonchev–Trinajstić information content (AvgIpc) is 2.64. The second kappa shape index (κ2) is 8.84. The number of nitrogens with one attached hydrogen (secondary N) is 1. The monoisotopic (exact) mass is 387 g/mol. The molecule has 142 valence electrons. The lowest BCUT2D eigenvalue weighted by molar-refractivity contribution is -0.858. The smallest absolute Gasteiger partial charge is 0.342 e. The van der Waals surface area contributed by atoms with E-state index in [4.69, 9.17) is 9.15 Å². The molecule has 0 fully saturated rings. The van der Waals surface area contributed by atoms with Gasteiger partial charge in [0.05, 0.1) is 19.5 Å². The van der Waals surface area contributed by atoms with Gasteiger partial charge in [-0.15, -0.1) is 0 Å². The Morgan fingerprint density at radius 2 is 1.78 bits per heavy atom. The number of hydrogen-bond donors (Lipinski definition) is 1. The molecular formula is C21H22ClNO4. The lowest BCUT2D eigenvalue weighted by atomic mass is 10.0. The van der Waals surface area contributed by atoms with Crippen LogP contribution in [0.5, 0.6) is 0 Å². The highest BCUT2D eigenvalue weighted by atomic mass is 35.5. The number of carbonyl (C=O) groups is 1. The van der Waals surface area contributed by atoms with Gasteiger partial charge in [-0.05, 0) is 19.1 Å². The van der Waals surface area contributed by atoms with Crippen LogP contribution in [0.2, 0.25) is 0 Å². The molecule has 0 radical (unpaired) electrons. The summed E-state index contributed by atoms with van der Waals surface area (Å²) in [4.78, 5) is 26.5. The van der Waals surface area contributed by atoms with E-state index in [1.807, 2.05) is 44.4 Å². The van der Waals surface area contributed by atoms with Gasteiger partial charge in [-0.3, -0.25) is 4.79 Å². The van der Waals surface area contributed by atoms with Crippen LogP contribution in [0.1, 0.15) is 15.9 Å². The summed E-state index contributed by atoms with van der Waals surface area (Å²) in [5, 5.41) is 0.384. The van der Waals surface area contributed by atoms with Crippen molar-refractivity contribution >= 4 is 16.9 Å². The zero-order chi connectivity index (χ0) is 18.7. The van der Waals surface area contributed by atoms with Crippen LogP contribution >= 0.6 is 0 Å². The Kier molecular flexibility index (Phi) is 6.77. The van der Waals surface area contributed by atoms with Crippen molar-refractivity contribution in [1.82, 2.24) is 0 Å². The molecule has 0 aliphatic rings. The Balaban J connectivity index is 0.00000261. The fourth-order valence-corrected chi connectivity index (χ4v) is 2.76. The number of halogens is 1. The van der Waals surface area contributed by atoms with Crippen LogP contribution in [0.3, 0.4) is 0 Å². The number of benzene rings is 2. The number of likely N-dealkylation sites (N-methyl/N-ethyl adjacent to an activating group) is 1. The predicted octanol–water partition coefficient (Wildman–Crippen LogP) is -0.926. The summed E-state index contributed by atoms with van der Waals surface area (Å²) >= 11 is 0. The van der Waals surface area contributed by atoms with E-state index >= 15 is 0 Å². The lowest BCUT2D eigenvalue weighted by Crippen LogP contribution is -3.06. The fourth-order valence-electron chi connectivity index (χ4n) is 2.76. The standard InChI is InChI=1S/C21H21NO4.ClH/c1-14-18(23)16-10-7-11-17(21(24)25-13-12-22(2)3)20(16)26-19(14)15-8-5-4-6-9-15;/h4-11H,12-13H2,1-3H3;1H. The van der Waals surface area contributed by atoms with Crippen LogP contribution in [0.15, 0.2) is 57.7 Å². The quantitative estimate of drug-likeness (QED) is 0.575. The number of fused-ring (bicyclic) bond motifs is 1. The first kappa shape index (κ1) is 20.7. The first-order valence-electron chi connectivity index (χ1n) is 8.57. The van der Waals surface area contributed by atoms with Gasteiger partial charge >= 0.3 is 5.97 Å². The average molecular weight is 388 g/mol. The van der Waals surface area contributed by atoms with E-state index in [1.165, 1.54) is 4.90 Å². The minimum absolute atomic E-state index is 0. The van der Waals surface area contributed by atoms with Crippen LogP contribution in [0, 0.1) is 6.92 Å². The molecule has 0 saturated carbocycles. The molecule has 6 heteroatoms. The Morgan fingerprint density at radius 3 is 2.44 bits per heavy atom. The van der Waals surface area contributed by atoms with Gasteiger partial charge in [-0.1, -0.05) is 36.4 Å². The van der Waals surface area contributed by atoms with Gasteiger partial charge in [0.2, 0.25) is 0 Å². The van der Waals surface area contributed by atoms with E-state index in [-0.39, 0.29) is 29.0 Å². The number of rotatable bonds is 5. The first-order chi connectivity index (χ1) is 12.5. The molecule has 0 aliphatic carbocycles. The predicted molar refractivity (Wildman–Crippen MR) is 101 cm³/mol. The van der Waals surface area contributed by atoms with Crippen molar-refractivity contribution < 1.29 is 31.3 Å². The van der Waals surface area contributed by atoms with E-state index in [2.05, 4.69) is 0 Å². The van der Waals surface area contributed by atoms with Crippen molar-refractivity contribution in [2.24, 2.45) is 0 Å². The molecule has 1 heterocycles. The van der Waals surface area contributed by atoms with Gasteiger partial charge in [0, 0.05) is 11.1 Å². The number of carbonyl (C=O) groups excluding carboxylic acids is 1. The number of para-hydroxylation sites is 1. The molecule has 2 aromatic carbocycles. The number of esters is 1. The largest absolute Gasteiger partial charge is 1.00 e. The topological polar surface area (TPSA) is 60.9 Å². The van der Waals surface area contributed by atoms with Crippen molar-refractivity contribution in [2.45, 2.75) is 6.92 Å². The molecule has 0 bridgehead atoms. The van der Waals surface area contributed by atoms with Gasteiger partial charge in [0.1, 0.15) is 24.5 Å². The molecule has 0 aliphatic heterocycles. The van der Waals surface area contributed by atoms with E-state index < -0.39 is 5.97 Å². The zero-order valence-corrected chi connectivity index (χ0v) is 16.3. The van der Waals surface area contributed by atoms with E-state index in [9.17, 15) is 9.59 Å². The van der Waals surface area contributed by atoms with Gasteiger partial charge in [0.25, 0.3) is 0 Å². The molecule has 1 aromatic heterocycles. The van der Waals surface area contributed by atoms with Crippen LogP contribution in [0.25, 0.3) is 22.3 Å². The Labute approximate surface area is 164 Å². The molecule has 3 rings (SSSR count). The van der Waals surface area contributed by atoms with E-state index in [0.29, 0.717) is 29.9 Å². The molecule has 0 unspecified atom stereocenters. The zero-order valence-electron chi connectivity index (χ0n) is 15.5. The van der Waals surface area contributed by atoms with Crippen LogP contribution < -0.4 is 22.7 Å². The van der Waals surface area contributed by atoms with Gasteiger partial charge in [-0.25, -0.2) is 4.79 Å². The second-order valence-electron chi connectivity index (χ2n) is 6.53. The third kappa shape index (κ3) is 4.38. The summed E-state index contributed by atoms with van der Waals surface area (Å²) in [7, 11) is 3.97. The SMILES string of the molecule is Cc1c(-c2ccccc2)oc2c(C(=O)OCC[NH+](C)C)cccc2c1=O.[Cl-]. The van der Waals surface area contributed by atoms with Crippen molar-refractivity contribution in [3.8, 4) is 11.3 Å². The normalized spacial score (nSPS) is 10.7. The molecule has 5 nitrogen and oxygen atoms in total. The highest BCUT2D eigenvalue weighted by Gasteiger charge is 2.19.